The minimum absolute atomic E-state index is 0.296. The third-order valence-electron chi connectivity index (χ3n) is 2.76. The molecule has 5 heteroatoms. The van der Waals surface area contributed by atoms with Crippen molar-refractivity contribution in [2.75, 3.05) is 12.4 Å². The number of hydrogen-bond donors (Lipinski definition) is 1. The third kappa shape index (κ3) is 4.12. The molecule has 5 nitrogen and oxygen atoms in total. The number of carbonyl (C=O) groups is 1. The number of nitriles is 1. The van der Waals surface area contributed by atoms with Crippen molar-refractivity contribution >= 4 is 17.9 Å². The number of anilines is 1. The van der Waals surface area contributed by atoms with Crippen LogP contribution in [0.4, 0.5) is 10.5 Å². The van der Waals surface area contributed by atoms with E-state index in [9.17, 15) is 4.79 Å². The lowest BCUT2D eigenvalue weighted by atomic mass is 10.2. The van der Waals surface area contributed by atoms with Gasteiger partial charge in [0.25, 0.3) is 0 Å². The highest BCUT2D eigenvalue weighted by Crippen LogP contribution is 2.29. The van der Waals surface area contributed by atoms with E-state index in [4.69, 9.17) is 14.7 Å². The molecule has 2 aromatic rings. The van der Waals surface area contributed by atoms with Crippen LogP contribution in [0.15, 0.2) is 54.6 Å². The molecule has 0 unspecified atom stereocenters. The van der Waals surface area contributed by atoms with Crippen molar-refractivity contribution in [2.45, 2.75) is 0 Å². The van der Waals surface area contributed by atoms with Crippen molar-refractivity contribution in [1.29, 1.82) is 5.26 Å². The van der Waals surface area contributed by atoms with Crippen LogP contribution in [-0.2, 0) is 0 Å². The second-order valence-electron chi connectivity index (χ2n) is 4.25. The number of amides is 1. The highest BCUT2D eigenvalue weighted by Gasteiger charge is 2.10. The molecule has 110 valence electrons. The van der Waals surface area contributed by atoms with Gasteiger partial charge in [-0.2, -0.15) is 5.26 Å². The van der Waals surface area contributed by atoms with E-state index in [1.54, 1.807) is 36.4 Å². The van der Waals surface area contributed by atoms with Crippen LogP contribution in [-0.4, -0.2) is 13.2 Å². The lowest BCUT2D eigenvalue weighted by Crippen LogP contribution is -2.17. The van der Waals surface area contributed by atoms with Crippen LogP contribution in [0.3, 0.4) is 0 Å². The summed E-state index contributed by atoms with van der Waals surface area (Å²) in [6, 6.07) is 15.9. The minimum Gasteiger partial charge on any atom is -0.493 e. The van der Waals surface area contributed by atoms with Crippen LogP contribution < -0.4 is 14.8 Å². The zero-order valence-corrected chi connectivity index (χ0v) is 11.9. The first-order valence-electron chi connectivity index (χ1n) is 6.51. The monoisotopic (exact) mass is 294 g/mol. The van der Waals surface area contributed by atoms with Gasteiger partial charge in [-0.05, 0) is 35.9 Å². The molecular weight excluding hydrogens is 280 g/mol. The number of nitrogens with zero attached hydrogens (tertiary/aromatic N) is 1. The van der Waals surface area contributed by atoms with E-state index >= 15 is 0 Å². The Hall–Kier alpha value is -3.26. The van der Waals surface area contributed by atoms with Gasteiger partial charge in [0.05, 0.1) is 13.2 Å². The highest BCUT2D eigenvalue weighted by molar-refractivity contribution is 5.86. The minimum atomic E-state index is -0.607. The number of benzene rings is 2. The summed E-state index contributed by atoms with van der Waals surface area (Å²) in [6.45, 7) is 0. The lowest BCUT2D eigenvalue weighted by Gasteiger charge is -2.10. The molecule has 0 aliphatic heterocycles. The molecular formula is C17H14N2O3. The quantitative estimate of drug-likeness (QED) is 0.869. The van der Waals surface area contributed by atoms with E-state index in [0.29, 0.717) is 17.2 Å². The fourth-order valence-corrected chi connectivity index (χ4v) is 1.77. The Kier molecular flexibility index (Phi) is 5.16. The molecule has 2 aromatic carbocycles. The van der Waals surface area contributed by atoms with E-state index in [1.807, 2.05) is 24.3 Å². The van der Waals surface area contributed by atoms with E-state index in [1.165, 1.54) is 13.2 Å². The zero-order valence-electron chi connectivity index (χ0n) is 11.9. The second kappa shape index (κ2) is 7.50. The molecule has 1 N–H and O–H groups in total. The van der Waals surface area contributed by atoms with Crippen LogP contribution >= 0.6 is 0 Å². The van der Waals surface area contributed by atoms with Crippen LogP contribution in [0.5, 0.6) is 11.5 Å². The molecule has 22 heavy (non-hydrogen) atoms. The lowest BCUT2D eigenvalue weighted by molar-refractivity contribution is 0.213. The maximum absolute atomic E-state index is 11.9. The number of carbonyl (C=O) groups excluding carboxylic acids is 1. The van der Waals surface area contributed by atoms with Gasteiger partial charge in [0, 0.05) is 11.8 Å². The van der Waals surface area contributed by atoms with Crippen molar-refractivity contribution in [2.24, 2.45) is 0 Å². The predicted molar refractivity (Wildman–Crippen MR) is 83.7 cm³/mol. The van der Waals surface area contributed by atoms with Gasteiger partial charge in [-0.1, -0.05) is 24.3 Å². The SMILES string of the molecule is COc1cc(/C=C\C#N)ccc1OC(=O)Nc1ccccc1. The Bertz CT molecular complexity index is 718. The first-order valence-corrected chi connectivity index (χ1v) is 6.51. The molecule has 0 spiro atoms. The summed E-state index contributed by atoms with van der Waals surface area (Å²) in [5.74, 6) is 0.702. The largest absolute Gasteiger partial charge is 0.493 e. The smallest absolute Gasteiger partial charge is 0.417 e. The van der Waals surface area contributed by atoms with E-state index < -0.39 is 6.09 Å². The molecule has 1 amide bonds. The molecule has 0 saturated heterocycles. The zero-order chi connectivity index (χ0) is 15.8. The van der Waals surface area contributed by atoms with Crippen molar-refractivity contribution in [3.8, 4) is 17.6 Å². The molecule has 0 aliphatic carbocycles. The van der Waals surface area contributed by atoms with Crippen molar-refractivity contribution in [3.63, 3.8) is 0 Å². The third-order valence-corrected chi connectivity index (χ3v) is 2.76. The Labute approximate surface area is 128 Å². The summed E-state index contributed by atoms with van der Waals surface area (Å²) in [6.07, 6.45) is 2.39. The summed E-state index contributed by atoms with van der Waals surface area (Å²) < 4.78 is 10.4. The Morgan fingerprint density at radius 1 is 1.18 bits per heavy atom. The average Bonchev–Trinajstić information content (AvgIpc) is 2.54. The fraction of sp³-hybridized carbons (Fsp3) is 0.0588. The standard InChI is InChI=1S/C17H14N2O3/c1-21-16-12-13(6-5-11-18)9-10-15(16)22-17(20)19-14-7-3-2-4-8-14/h2-10,12H,1H3,(H,19,20)/b6-5-. The molecule has 0 fully saturated rings. The topological polar surface area (TPSA) is 71.3 Å². The molecule has 0 atom stereocenters. The van der Waals surface area contributed by atoms with E-state index in [-0.39, 0.29) is 0 Å². The van der Waals surface area contributed by atoms with Gasteiger partial charge in [0.1, 0.15) is 0 Å². The highest BCUT2D eigenvalue weighted by atomic mass is 16.6. The summed E-state index contributed by atoms with van der Waals surface area (Å²) >= 11 is 0. The van der Waals surface area contributed by atoms with Crippen molar-refractivity contribution < 1.29 is 14.3 Å². The fourth-order valence-electron chi connectivity index (χ4n) is 1.77. The number of hydrogen-bond acceptors (Lipinski definition) is 4. The maximum Gasteiger partial charge on any atom is 0.417 e. The molecule has 0 saturated carbocycles. The number of methoxy groups -OCH3 is 1. The normalized spacial score (nSPS) is 10.0. The molecule has 0 aromatic heterocycles. The maximum atomic E-state index is 11.9. The average molecular weight is 294 g/mol. The summed E-state index contributed by atoms with van der Waals surface area (Å²) in [4.78, 5) is 11.9. The predicted octanol–water partition coefficient (Wildman–Crippen LogP) is 3.84. The summed E-state index contributed by atoms with van der Waals surface area (Å²) in [5.41, 5.74) is 1.41. The van der Waals surface area contributed by atoms with Crippen molar-refractivity contribution in [3.05, 3.63) is 60.2 Å². The van der Waals surface area contributed by atoms with Gasteiger partial charge in [-0.25, -0.2) is 4.79 Å². The summed E-state index contributed by atoms with van der Waals surface area (Å²) in [5, 5.41) is 11.1. The van der Waals surface area contributed by atoms with Gasteiger partial charge in [-0.3, -0.25) is 5.32 Å². The number of nitrogens with one attached hydrogen (secondary N) is 1. The van der Waals surface area contributed by atoms with Gasteiger partial charge in [0.15, 0.2) is 11.5 Å². The Balaban J connectivity index is 2.10. The van der Waals surface area contributed by atoms with Crippen LogP contribution in [0, 0.1) is 11.3 Å². The van der Waals surface area contributed by atoms with Crippen LogP contribution in [0.2, 0.25) is 0 Å². The van der Waals surface area contributed by atoms with Gasteiger partial charge < -0.3 is 9.47 Å². The first-order chi connectivity index (χ1) is 10.7. The first kappa shape index (κ1) is 15.1. The number of rotatable bonds is 4. The Morgan fingerprint density at radius 2 is 1.95 bits per heavy atom. The molecule has 0 radical (unpaired) electrons. The van der Waals surface area contributed by atoms with E-state index in [0.717, 1.165) is 5.56 Å². The van der Waals surface area contributed by atoms with Crippen LogP contribution in [0.1, 0.15) is 5.56 Å². The van der Waals surface area contributed by atoms with Gasteiger partial charge >= 0.3 is 6.09 Å². The molecule has 0 aliphatic rings. The molecule has 2 rings (SSSR count). The number of allylic oxidation sites excluding steroid dienone is 1. The van der Waals surface area contributed by atoms with Crippen LogP contribution in [0.25, 0.3) is 6.08 Å². The molecule has 0 heterocycles. The van der Waals surface area contributed by atoms with Crippen molar-refractivity contribution in [1.82, 2.24) is 0 Å². The summed E-state index contributed by atoms with van der Waals surface area (Å²) in [7, 11) is 1.48. The number of ether oxygens (including phenoxy) is 2. The number of para-hydroxylation sites is 1. The Morgan fingerprint density at radius 3 is 2.64 bits per heavy atom. The van der Waals surface area contributed by atoms with Gasteiger partial charge in [0.2, 0.25) is 0 Å². The van der Waals surface area contributed by atoms with E-state index in [2.05, 4.69) is 5.32 Å². The molecule has 0 bridgehead atoms. The van der Waals surface area contributed by atoms with Gasteiger partial charge in [-0.15, -0.1) is 0 Å². The second-order valence-corrected chi connectivity index (χ2v) is 4.25.